The van der Waals surface area contributed by atoms with E-state index >= 15 is 0 Å². The third kappa shape index (κ3) is 24.0. The molecule has 0 aromatic heterocycles. The summed E-state index contributed by atoms with van der Waals surface area (Å²) in [6, 6.07) is 0. The van der Waals surface area contributed by atoms with Gasteiger partial charge >= 0.3 is 5.97 Å². The molecule has 5 nitrogen and oxygen atoms in total. The molecule has 196 valence electrons. The van der Waals surface area contributed by atoms with Gasteiger partial charge in [0.2, 0.25) is 0 Å². The SMILES string of the molecule is CCCCCCCCC(O)C(O)CCCCCCCCCCCCCCOC(=O)CC(C)=O. The summed E-state index contributed by atoms with van der Waals surface area (Å²) in [4.78, 5) is 22.0. The molecular weight excluding hydrogens is 416 g/mol. The zero-order valence-corrected chi connectivity index (χ0v) is 21.8. The van der Waals surface area contributed by atoms with E-state index in [1.165, 1.54) is 90.4 Å². The third-order valence-electron chi connectivity index (χ3n) is 6.35. The van der Waals surface area contributed by atoms with Crippen molar-refractivity contribution >= 4 is 11.8 Å². The number of ether oxygens (including phenoxy) is 1. The summed E-state index contributed by atoms with van der Waals surface area (Å²) in [5.74, 6) is -0.549. The molecular formula is C28H54O5. The molecule has 5 heteroatoms. The van der Waals surface area contributed by atoms with Gasteiger partial charge in [-0.15, -0.1) is 0 Å². The minimum atomic E-state index is -0.548. The van der Waals surface area contributed by atoms with E-state index in [-0.39, 0.29) is 12.2 Å². The lowest BCUT2D eigenvalue weighted by atomic mass is 9.99. The zero-order chi connectivity index (χ0) is 24.6. The van der Waals surface area contributed by atoms with Gasteiger partial charge in [0.15, 0.2) is 0 Å². The summed E-state index contributed by atoms with van der Waals surface area (Å²) in [5.41, 5.74) is 0. The lowest BCUT2D eigenvalue weighted by Gasteiger charge is -2.17. The molecule has 0 amide bonds. The maximum atomic E-state index is 11.2. The summed E-state index contributed by atoms with van der Waals surface area (Å²) in [7, 11) is 0. The highest BCUT2D eigenvalue weighted by Crippen LogP contribution is 2.16. The molecule has 0 bridgehead atoms. The van der Waals surface area contributed by atoms with Gasteiger partial charge in [-0.1, -0.05) is 116 Å². The Kier molecular flexibility index (Phi) is 23.5. The summed E-state index contributed by atoms with van der Waals surface area (Å²) >= 11 is 0. The van der Waals surface area contributed by atoms with Crippen molar-refractivity contribution in [3.05, 3.63) is 0 Å². The van der Waals surface area contributed by atoms with Gasteiger partial charge in [0.05, 0.1) is 18.8 Å². The maximum absolute atomic E-state index is 11.2. The molecule has 0 rings (SSSR count). The molecule has 33 heavy (non-hydrogen) atoms. The molecule has 0 aliphatic heterocycles. The first-order valence-corrected chi connectivity index (χ1v) is 14.0. The number of hydrogen-bond acceptors (Lipinski definition) is 5. The van der Waals surface area contributed by atoms with E-state index in [0.717, 1.165) is 44.9 Å². The third-order valence-corrected chi connectivity index (χ3v) is 6.35. The van der Waals surface area contributed by atoms with Crippen molar-refractivity contribution in [3.8, 4) is 0 Å². The molecule has 0 saturated heterocycles. The number of aliphatic hydroxyl groups excluding tert-OH is 2. The Labute approximate surface area is 204 Å². The van der Waals surface area contributed by atoms with Crippen LogP contribution in [-0.4, -0.2) is 40.8 Å². The molecule has 0 saturated carbocycles. The Hall–Kier alpha value is -0.940. The van der Waals surface area contributed by atoms with Gasteiger partial charge in [-0.3, -0.25) is 9.59 Å². The standard InChI is InChI=1S/C28H54O5/c1-3-4-5-6-15-18-21-26(30)27(31)22-19-16-13-11-9-7-8-10-12-14-17-20-23-33-28(32)24-25(2)29/h26-27,30-31H,3-24H2,1-2H3. The van der Waals surface area contributed by atoms with Gasteiger partial charge < -0.3 is 14.9 Å². The molecule has 2 atom stereocenters. The highest BCUT2D eigenvalue weighted by atomic mass is 16.5. The second-order valence-electron chi connectivity index (χ2n) is 9.82. The minimum Gasteiger partial charge on any atom is -0.465 e. The first-order chi connectivity index (χ1) is 16.0. The zero-order valence-electron chi connectivity index (χ0n) is 21.8. The lowest BCUT2D eigenvalue weighted by Crippen LogP contribution is -2.25. The molecule has 0 heterocycles. The van der Waals surface area contributed by atoms with Crippen LogP contribution in [0.3, 0.4) is 0 Å². The van der Waals surface area contributed by atoms with Crippen LogP contribution in [0.15, 0.2) is 0 Å². The number of Topliss-reactive ketones (excluding diaryl/α,β-unsaturated/α-hetero) is 1. The first-order valence-electron chi connectivity index (χ1n) is 14.0. The van der Waals surface area contributed by atoms with Crippen LogP contribution in [0.2, 0.25) is 0 Å². The predicted molar refractivity (Wildman–Crippen MR) is 136 cm³/mol. The normalized spacial score (nSPS) is 13.1. The van der Waals surface area contributed by atoms with E-state index in [0.29, 0.717) is 6.61 Å². The van der Waals surface area contributed by atoms with Crippen LogP contribution < -0.4 is 0 Å². The Morgan fingerprint density at radius 1 is 0.606 bits per heavy atom. The molecule has 0 aliphatic rings. The fourth-order valence-corrected chi connectivity index (χ4v) is 4.18. The summed E-state index contributed by atoms with van der Waals surface area (Å²) in [6.07, 6.45) is 21.7. The molecule has 0 aromatic rings. The van der Waals surface area contributed by atoms with Gasteiger partial charge in [-0.05, 0) is 26.2 Å². The Morgan fingerprint density at radius 2 is 0.970 bits per heavy atom. The van der Waals surface area contributed by atoms with Crippen molar-refractivity contribution in [3.63, 3.8) is 0 Å². The number of unbranched alkanes of at least 4 members (excludes halogenated alkanes) is 16. The molecule has 0 aliphatic carbocycles. The van der Waals surface area contributed by atoms with Crippen LogP contribution in [-0.2, 0) is 14.3 Å². The molecule has 2 N–H and O–H groups in total. The minimum absolute atomic E-state index is 0.107. The van der Waals surface area contributed by atoms with Gasteiger partial charge in [0.1, 0.15) is 12.2 Å². The maximum Gasteiger partial charge on any atom is 0.313 e. The van der Waals surface area contributed by atoms with E-state index in [9.17, 15) is 19.8 Å². The number of hydrogen-bond donors (Lipinski definition) is 2. The Morgan fingerprint density at radius 3 is 1.36 bits per heavy atom. The second kappa shape index (κ2) is 24.2. The summed E-state index contributed by atoms with van der Waals surface area (Å²) in [5, 5.41) is 20.2. The molecule has 0 radical (unpaired) electrons. The molecule has 0 spiro atoms. The van der Waals surface area contributed by atoms with Gasteiger partial charge in [0.25, 0.3) is 0 Å². The highest BCUT2D eigenvalue weighted by molar-refractivity contribution is 5.94. The van der Waals surface area contributed by atoms with Crippen LogP contribution in [0.25, 0.3) is 0 Å². The van der Waals surface area contributed by atoms with E-state index in [2.05, 4.69) is 6.92 Å². The first kappa shape index (κ1) is 32.1. The van der Waals surface area contributed by atoms with Crippen molar-refractivity contribution < 1.29 is 24.5 Å². The van der Waals surface area contributed by atoms with Crippen molar-refractivity contribution in [1.29, 1.82) is 0 Å². The fourth-order valence-electron chi connectivity index (χ4n) is 4.18. The average molecular weight is 471 g/mol. The van der Waals surface area contributed by atoms with Crippen molar-refractivity contribution in [1.82, 2.24) is 0 Å². The smallest absolute Gasteiger partial charge is 0.313 e. The van der Waals surface area contributed by atoms with Crippen LogP contribution in [0.4, 0.5) is 0 Å². The largest absolute Gasteiger partial charge is 0.465 e. The number of esters is 1. The van der Waals surface area contributed by atoms with Crippen molar-refractivity contribution in [2.45, 2.75) is 161 Å². The van der Waals surface area contributed by atoms with E-state index in [1.54, 1.807) is 0 Å². The number of aliphatic hydroxyl groups is 2. The van der Waals surface area contributed by atoms with Crippen LogP contribution in [0.5, 0.6) is 0 Å². The summed E-state index contributed by atoms with van der Waals surface area (Å²) in [6.45, 7) is 4.05. The van der Waals surface area contributed by atoms with Crippen LogP contribution in [0, 0.1) is 0 Å². The average Bonchev–Trinajstić information content (AvgIpc) is 2.77. The molecule has 0 fully saturated rings. The monoisotopic (exact) mass is 470 g/mol. The van der Waals surface area contributed by atoms with Gasteiger partial charge in [-0.2, -0.15) is 0 Å². The van der Waals surface area contributed by atoms with E-state index in [1.807, 2.05) is 0 Å². The van der Waals surface area contributed by atoms with Crippen molar-refractivity contribution in [2.24, 2.45) is 0 Å². The van der Waals surface area contributed by atoms with E-state index in [4.69, 9.17) is 4.74 Å². The number of carbonyl (C=O) groups is 2. The quantitative estimate of drug-likeness (QED) is 0.0848. The fraction of sp³-hybridized carbons (Fsp3) is 0.929. The number of ketones is 1. The second-order valence-corrected chi connectivity index (χ2v) is 9.82. The predicted octanol–water partition coefficient (Wildman–Crippen LogP) is 7.05. The topological polar surface area (TPSA) is 83.8 Å². The molecule has 2 unspecified atom stereocenters. The molecule has 0 aromatic carbocycles. The number of carbonyl (C=O) groups excluding carboxylic acids is 2. The van der Waals surface area contributed by atoms with Crippen LogP contribution in [0.1, 0.15) is 149 Å². The van der Waals surface area contributed by atoms with E-state index < -0.39 is 18.2 Å². The van der Waals surface area contributed by atoms with Gasteiger partial charge in [0, 0.05) is 0 Å². The lowest BCUT2D eigenvalue weighted by molar-refractivity contribution is -0.145. The van der Waals surface area contributed by atoms with Crippen molar-refractivity contribution in [2.75, 3.05) is 6.61 Å². The highest BCUT2D eigenvalue weighted by Gasteiger charge is 2.15. The number of rotatable bonds is 25. The Bertz CT molecular complexity index is 452. The van der Waals surface area contributed by atoms with Crippen LogP contribution >= 0.6 is 0 Å². The van der Waals surface area contributed by atoms with Gasteiger partial charge in [-0.25, -0.2) is 0 Å². The Balaban J connectivity index is 3.29. The summed E-state index contributed by atoms with van der Waals surface area (Å²) < 4.78 is 5.02.